The van der Waals surface area contributed by atoms with Crippen LogP contribution in [0, 0.1) is 10.1 Å². The van der Waals surface area contributed by atoms with E-state index in [0.29, 0.717) is 12.2 Å². The van der Waals surface area contributed by atoms with Crippen LogP contribution in [0.15, 0.2) is 36.4 Å². The van der Waals surface area contributed by atoms with E-state index in [1.54, 1.807) is 13.2 Å². The van der Waals surface area contributed by atoms with Gasteiger partial charge in [0.15, 0.2) is 0 Å². The van der Waals surface area contributed by atoms with Gasteiger partial charge in [-0.25, -0.2) is 0 Å². The lowest BCUT2D eigenvalue weighted by molar-refractivity contribution is -0.385. The second kappa shape index (κ2) is 5.18. The number of aromatic amines is 1. The van der Waals surface area contributed by atoms with Gasteiger partial charge in [-0.3, -0.25) is 10.1 Å². The number of nitrogens with one attached hydrogen (secondary N) is 1. The van der Waals surface area contributed by atoms with Crippen molar-refractivity contribution in [3.8, 4) is 0 Å². The summed E-state index contributed by atoms with van der Waals surface area (Å²) >= 11 is 0. The number of aromatic nitrogens is 1. The van der Waals surface area contributed by atoms with Crippen LogP contribution < -0.4 is 0 Å². The van der Waals surface area contributed by atoms with Gasteiger partial charge in [0, 0.05) is 40.9 Å². The molecule has 0 amide bonds. The number of benzene rings is 2. The van der Waals surface area contributed by atoms with Crippen molar-refractivity contribution < 1.29 is 9.66 Å². The predicted molar refractivity (Wildman–Crippen MR) is 82.8 cm³/mol. The van der Waals surface area contributed by atoms with Gasteiger partial charge < -0.3 is 9.72 Å². The summed E-state index contributed by atoms with van der Waals surface area (Å²) in [6.45, 7) is 2.39. The van der Waals surface area contributed by atoms with Crippen LogP contribution in [0.25, 0.3) is 21.8 Å². The fraction of sp³-hybridized carbons (Fsp3) is 0.250. The number of hydrogen-bond acceptors (Lipinski definition) is 3. The molecule has 1 N–H and O–H groups in total. The summed E-state index contributed by atoms with van der Waals surface area (Å²) in [4.78, 5) is 14.2. The Bertz CT molecular complexity index is 823. The zero-order valence-corrected chi connectivity index (χ0v) is 11.9. The highest BCUT2D eigenvalue weighted by Gasteiger charge is 2.21. The molecule has 1 atom stereocenters. The minimum absolute atomic E-state index is 0.0338. The van der Waals surface area contributed by atoms with Crippen LogP contribution in [0.4, 0.5) is 5.69 Å². The molecule has 0 saturated carbocycles. The molecule has 0 radical (unpaired) electrons. The molecule has 3 rings (SSSR count). The van der Waals surface area contributed by atoms with Crippen molar-refractivity contribution in [3.63, 3.8) is 0 Å². The Morgan fingerprint density at radius 2 is 2.00 bits per heavy atom. The van der Waals surface area contributed by atoms with Crippen LogP contribution in [0.1, 0.15) is 18.4 Å². The molecule has 0 spiro atoms. The Balaban J connectivity index is 2.30. The van der Waals surface area contributed by atoms with Crippen molar-refractivity contribution in [1.82, 2.24) is 4.98 Å². The number of fused-ring (bicyclic) bond motifs is 3. The fourth-order valence-corrected chi connectivity index (χ4v) is 2.80. The van der Waals surface area contributed by atoms with E-state index in [2.05, 4.69) is 4.98 Å². The second-order valence-electron chi connectivity index (χ2n) is 5.24. The Hall–Kier alpha value is -2.40. The minimum Gasteiger partial charge on any atom is -0.384 e. The summed E-state index contributed by atoms with van der Waals surface area (Å²) in [5.41, 5.74) is 2.62. The van der Waals surface area contributed by atoms with Gasteiger partial charge in [-0.1, -0.05) is 25.1 Å². The highest BCUT2D eigenvalue weighted by molar-refractivity contribution is 6.08. The van der Waals surface area contributed by atoms with Gasteiger partial charge in [-0.05, 0) is 12.1 Å². The topological polar surface area (TPSA) is 68.2 Å². The Labute approximate surface area is 121 Å². The third-order valence-corrected chi connectivity index (χ3v) is 3.80. The van der Waals surface area contributed by atoms with E-state index in [-0.39, 0.29) is 16.5 Å². The minimum atomic E-state index is -0.327. The summed E-state index contributed by atoms with van der Waals surface area (Å²) in [6, 6.07) is 11.4. The highest BCUT2D eigenvalue weighted by Crippen LogP contribution is 2.34. The first-order valence-corrected chi connectivity index (χ1v) is 6.79. The van der Waals surface area contributed by atoms with E-state index in [1.165, 1.54) is 0 Å². The second-order valence-corrected chi connectivity index (χ2v) is 5.24. The largest absolute Gasteiger partial charge is 0.384 e. The molecule has 1 aromatic heterocycles. The van der Waals surface area contributed by atoms with Gasteiger partial charge in [0.2, 0.25) is 0 Å². The molecule has 3 aromatic rings. The maximum absolute atomic E-state index is 11.3. The smallest absolute Gasteiger partial charge is 0.275 e. The van der Waals surface area contributed by atoms with Crippen LogP contribution in [0.5, 0.6) is 0 Å². The van der Waals surface area contributed by atoms with E-state index in [0.717, 1.165) is 21.8 Å². The number of rotatable bonds is 4. The van der Waals surface area contributed by atoms with Gasteiger partial charge in [0.1, 0.15) is 0 Å². The number of methoxy groups -OCH3 is 1. The number of nitrogens with zero attached hydrogens (tertiary/aromatic N) is 1. The summed E-state index contributed by atoms with van der Waals surface area (Å²) in [5.74, 6) is -0.0338. The molecule has 0 aliphatic carbocycles. The number of ether oxygens (including phenoxy) is 1. The molecule has 0 fully saturated rings. The Kier molecular flexibility index (Phi) is 3.35. The normalized spacial score (nSPS) is 12.9. The highest BCUT2D eigenvalue weighted by atomic mass is 16.6. The van der Waals surface area contributed by atoms with Crippen molar-refractivity contribution in [1.29, 1.82) is 0 Å². The van der Waals surface area contributed by atoms with Crippen LogP contribution in [-0.4, -0.2) is 23.6 Å². The van der Waals surface area contributed by atoms with Crippen LogP contribution in [0.3, 0.4) is 0 Å². The summed E-state index contributed by atoms with van der Waals surface area (Å²) in [7, 11) is 1.60. The molecule has 1 unspecified atom stereocenters. The van der Waals surface area contributed by atoms with E-state index >= 15 is 0 Å². The first-order valence-electron chi connectivity index (χ1n) is 6.79. The molecule has 1 heterocycles. The van der Waals surface area contributed by atoms with Gasteiger partial charge >= 0.3 is 0 Å². The van der Waals surface area contributed by atoms with Gasteiger partial charge in [0.25, 0.3) is 5.69 Å². The van der Waals surface area contributed by atoms with Crippen molar-refractivity contribution >= 4 is 27.5 Å². The quantitative estimate of drug-likeness (QED) is 0.582. The zero-order chi connectivity index (χ0) is 15.0. The van der Waals surface area contributed by atoms with Crippen LogP contribution in [-0.2, 0) is 4.74 Å². The number of nitro groups is 1. The molecule has 21 heavy (non-hydrogen) atoms. The first kappa shape index (κ1) is 13.6. The predicted octanol–water partition coefficient (Wildman–Crippen LogP) is 3.98. The average molecular weight is 284 g/mol. The third kappa shape index (κ3) is 2.25. The third-order valence-electron chi connectivity index (χ3n) is 3.80. The maximum atomic E-state index is 11.3. The van der Waals surface area contributed by atoms with Crippen LogP contribution >= 0.6 is 0 Å². The van der Waals surface area contributed by atoms with E-state index in [9.17, 15) is 10.1 Å². The van der Waals surface area contributed by atoms with Gasteiger partial charge in [-0.15, -0.1) is 0 Å². The molecular weight excluding hydrogens is 268 g/mol. The summed E-state index contributed by atoms with van der Waals surface area (Å²) < 4.78 is 5.14. The molecule has 0 aliphatic heterocycles. The monoisotopic (exact) mass is 284 g/mol. The Morgan fingerprint density at radius 3 is 2.71 bits per heavy atom. The number of hydrogen-bond donors (Lipinski definition) is 1. The SMILES string of the molecule is COCC(C)c1cc2c(cc1[N+](=O)[O-])[nH]c1ccccc12. The molecule has 0 aliphatic rings. The van der Waals surface area contributed by atoms with E-state index < -0.39 is 0 Å². The number of nitro benzene ring substituents is 1. The fourth-order valence-electron chi connectivity index (χ4n) is 2.80. The molecule has 108 valence electrons. The van der Waals surface area contributed by atoms with Gasteiger partial charge in [0.05, 0.1) is 17.0 Å². The lowest BCUT2D eigenvalue weighted by Gasteiger charge is -2.11. The van der Waals surface area contributed by atoms with Crippen molar-refractivity contribution in [2.45, 2.75) is 12.8 Å². The standard InChI is InChI=1S/C16H16N2O3/c1-10(9-21-2)12-7-13-11-5-3-4-6-14(11)17-15(13)8-16(12)18(19)20/h3-8,10,17H,9H2,1-2H3. The number of para-hydroxylation sites is 1. The number of H-pyrrole nitrogens is 1. The van der Waals surface area contributed by atoms with Crippen molar-refractivity contribution in [2.24, 2.45) is 0 Å². The Morgan fingerprint density at radius 1 is 1.24 bits per heavy atom. The molecule has 2 aromatic carbocycles. The summed E-state index contributed by atoms with van der Waals surface area (Å²) in [5, 5.41) is 13.4. The molecular formula is C16H16N2O3. The lowest BCUT2D eigenvalue weighted by atomic mass is 9.97. The lowest BCUT2D eigenvalue weighted by Crippen LogP contribution is -2.05. The first-order chi connectivity index (χ1) is 10.1. The summed E-state index contributed by atoms with van der Waals surface area (Å²) in [6.07, 6.45) is 0. The zero-order valence-electron chi connectivity index (χ0n) is 11.9. The molecule has 5 heteroatoms. The molecule has 0 saturated heterocycles. The van der Waals surface area contributed by atoms with Crippen molar-refractivity contribution in [2.75, 3.05) is 13.7 Å². The average Bonchev–Trinajstić information content (AvgIpc) is 2.83. The van der Waals surface area contributed by atoms with Crippen LogP contribution in [0.2, 0.25) is 0 Å². The van der Waals surface area contributed by atoms with Gasteiger partial charge in [-0.2, -0.15) is 0 Å². The maximum Gasteiger partial charge on any atom is 0.275 e. The van der Waals surface area contributed by atoms with E-state index in [4.69, 9.17) is 4.74 Å². The van der Waals surface area contributed by atoms with Crippen molar-refractivity contribution in [3.05, 3.63) is 52.1 Å². The molecule has 0 bridgehead atoms. The van der Waals surface area contributed by atoms with E-state index in [1.807, 2.05) is 37.3 Å². The molecule has 5 nitrogen and oxygen atoms in total.